The van der Waals surface area contributed by atoms with Crippen LogP contribution < -0.4 is 0 Å². The minimum absolute atomic E-state index is 0.266. The Labute approximate surface area is 92.9 Å². The average molecular weight is 206 g/mol. The third-order valence-electron chi connectivity index (χ3n) is 4.94. The van der Waals surface area contributed by atoms with E-state index in [-0.39, 0.29) is 5.41 Å². The van der Waals surface area contributed by atoms with Crippen molar-refractivity contribution in [2.75, 3.05) is 0 Å². The van der Waals surface area contributed by atoms with Gasteiger partial charge < -0.3 is 0 Å². The number of allylic oxidation sites excluding steroid dienone is 1. The van der Waals surface area contributed by atoms with Gasteiger partial charge in [-0.15, -0.1) is 6.58 Å². The fourth-order valence-corrected chi connectivity index (χ4v) is 3.82. The van der Waals surface area contributed by atoms with Crippen LogP contribution in [0.3, 0.4) is 0 Å². The zero-order valence-corrected chi connectivity index (χ0v) is 9.85. The van der Waals surface area contributed by atoms with E-state index < -0.39 is 0 Å². The molecule has 0 heterocycles. The predicted octanol–water partition coefficient (Wildman–Crippen LogP) is 3.88. The molecule has 0 aliphatic heterocycles. The molecule has 0 aromatic heterocycles. The molecule has 2 aliphatic carbocycles. The van der Waals surface area contributed by atoms with Gasteiger partial charge in [0.25, 0.3) is 0 Å². The number of hydrogen-bond acceptors (Lipinski definition) is 1. The molecule has 1 nitrogen and oxygen atoms in total. The summed E-state index contributed by atoms with van der Waals surface area (Å²) in [5.74, 6) is 0.483. The molecule has 2 saturated carbocycles. The summed E-state index contributed by atoms with van der Waals surface area (Å²) in [4.78, 5) is 11.7. The van der Waals surface area contributed by atoms with Crippen molar-refractivity contribution in [2.45, 2.75) is 58.3 Å². The summed E-state index contributed by atoms with van der Waals surface area (Å²) < 4.78 is 0. The van der Waals surface area contributed by atoms with Gasteiger partial charge in [-0.3, -0.25) is 4.79 Å². The molecule has 2 aliphatic rings. The number of fused-ring (bicyclic) bond motifs is 1. The van der Waals surface area contributed by atoms with Crippen LogP contribution in [0.25, 0.3) is 0 Å². The van der Waals surface area contributed by atoms with Gasteiger partial charge in [-0.1, -0.05) is 25.8 Å². The van der Waals surface area contributed by atoms with Gasteiger partial charge in [0.05, 0.1) is 0 Å². The van der Waals surface area contributed by atoms with Crippen LogP contribution in [0.1, 0.15) is 58.3 Å². The van der Waals surface area contributed by atoms with Crippen molar-refractivity contribution in [3.05, 3.63) is 12.7 Å². The second kappa shape index (κ2) is 3.77. The Kier molecular flexibility index (Phi) is 2.74. The molecule has 2 fully saturated rings. The van der Waals surface area contributed by atoms with Crippen LogP contribution in [0.2, 0.25) is 0 Å². The maximum Gasteiger partial charge on any atom is 0.133 e. The lowest BCUT2D eigenvalue weighted by Gasteiger charge is -2.54. The fourth-order valence-electron chi connectivity index (χ4n) is 3.82. The third-order valence-corrected chi connectivity index (χ3v) is 4.94. The first-order valence-corrected chi connectivity index (χ1v) is 6.25. The van der Waals surface area contributed by atoms with Crippen LogP contribution in [0.5, 0.6) is 0 Å². The van der Waals surface area contributed by atoms with Crippen molar-refractivity contribution < 1.29 is 4.79 Å². The number of ketones is 1. The molecule has 0 aromatic rings. The first kappa shape index (κ1) is 10.9. The van der Waals surface area contributed by atoms with Crippen molar-refractivity contribution in [1.82, 2.24) is 0 Å². The van der Waals surface area contributed by atoms with Crippen LogP contribution >= 0.6 is 0 Å². The molecule has 2 unspecified atom stereocenters. The van der Waals surface area contributed by atoms with Gasteiger partial charge in [-0.25, -0.2) is 0 Å². The molecular formula is C14H22O. The molecule has 0 N–H and O–H groups in total. The van der Waals surface area contributed by atoms with Crippen LogP contribution in [0, 0.1) is 10.8 Å². The van der Waals surface area contributed by atoms with E-state index in [9.17, 15) is 4.79 Å². The van der Waals surface area contributed by atoms with Gasteiger partial charge in [-0.2, -0.15) is 0 Å². The Morgan fingerprint density at radius 1 is 1.33 bits per heavy atom. The predicted molar refractivity (Wildman–Crippen MR) is 62.7 cm³/mol. The standard InChI is InChI=1S/C14H22O/c1-3-7-14-9-5-4-8-13(14,2)10-6-12(15)11-14/h3H,1,4-11H2,2H3. The fraction of sp³-hybridized carbons (Fsp3) is 0.786. The molecule has 15 heavy (non-hydrogen) atoms. The number of carbonyl (C=O) groups excluding carboxylic acids is 1. The van der Waals surface area contributed by atoms with E-state index in [2.05, 4.69) is 13.5 Å². The van der Waals surface area contributed by atoms with Gasteiger partial charge in [0.15, 0.2) is 0 Å². The lowest BCUT2D eigenvalue weighted by Crippen LogP contribution is -2.47. The Morgan fingerprint density at radius 2 is 2.07 bits per heavy atom. The molecule has 0 bridgehead atoms. The summed E-state index contributed by atoms with van der Waals surface area (Å²) in [6.07, 6.45) is 11.0. The number of Topliss-reactive ketones (excluding diaryl/α,β-unsaturated/α-hetero) is 1. The molecular weight excluding hydrogens is 184 g/mol. The van der Waals surface area contributed by atoms with Gasteiger partial charge in [-0.05, 0) is 36.5 Å². The Morgan fingerprint density at radius 3 is 2.80 bits per heavy atom. The zero-order chi connectivity index (χ0) is 10.9. The van der Waals surface area contributed by atoms with Crippen molar-refractivity contribution in [1.29, 1.82) is 0 Å². The Bertz CT molecular complexity index is 281. The normalized spacial score (nSPS) is 41.0. The summed E-state index contributed by atoms with van der Waals surface area (Å²) >= 11 is 0. The summed E-state index contributed by atoms with van der Waals surface area (Å²) in [6, 6.07) is 0. The lowest BCUT2D eigenvalue weighted by atomic mass is 9.49. The molecule has 84 valence electrons. The van der Waals surface area contributed by atoms with E-state index in [1.165, 1.54) is 25.7 Å². The van der Waals surface area contributed by atoms with Crippen molar-refractivity contribution in [3.8, 4) is 0 Å². The van der Waals surface area contributed by atoms with Crippen LogP contribution in [-0.2, 0) is 4.79 Å². The molecule has 0 saturated heterocycles. The van der Waals surface area contributed by atoms with Crippen molar-refractivity contribution in [3.63, 3.8) is 0 Å². The van der Waals surface area contributed by atoms with E-state index in [1.54, 1.807) is 0 Å². The largest absolute Gasteiger partial charge is 0.300 e. The monoisotopic (exact) mass is 206 g/mol. The molecule has 1 heteroatoms. The van der Waals surface area contributed by atoms with Crippen molar-refractivity contribution in [2.24, 2.45) is 10.8 Å². The second-order valence-electron chi connectivity index (χ2n) is 5.76. The van der Waals surface area contributed by atoms with Crippen molar-refractivity contribution >= 4 is 5.78 Å². The quantitative estimate of drug-likeness (QED) is 0.627. The molecule has 0 spiro atoms. The van der Waals surface area contributed by atoms with E-state index in [1.807, 2.05) is 6.08 Å². The first-order valence-electron chi connectivity index (χ1n) is 6.25. The SMILES string of the molecule is C=CCC12CCCCC1(C)CCC(=O)C2. The molecule has 0 aromatic carbocycles. The maximum absolute atomic E-state index is 11.7. The lowest BCUT2D eigenvalue weighted by molar-refractivity contribution is -0.133. The van der Waals surface area contributed by atoms with Gasteiger partial charge >= 0.3 is 0 Å². The second-order valence-corrected chi connectivity index (χ2v) is 5.76. The van der Waals surface area contributed by atoms with Crippen LogP contribution in [0.15, 0.2) is 12.7 Å². The molecule has 2 rings (SSSR count). The first-order chi connectivity index (χ1) is 7.12. The molecule has 0 radical (unpaired) electrons. The molecule has 2 atom stereocenters. The van der Waals surface area contributed by atoms with Gasteiger partial charge in [0, 0.05) is 12.8 Å². The van der Waals surface area contributed by atoms with E-state index >= 15 is 0 Å². The van der Waals surface area contributed by atoms with E-state index in [4.69, 9.17) is 0 Å². The van der Waals surface area contributed by atoms with Gasteiger partial charge in [0.1, 0.15) is 5.78 Å². The highest BCUT2D eigenvalue weighted by atomic mass is 16.1. The summed E-state index contributed by atoms with van der Waals surface area (Å²) in [7, 11) is 0. The van der Waals surface area contributed by atoms with Crippen LogP contribution in [-0.4, -0.2) is 5.78 Å². The number of rotatable bonds is 2. The smallest absolute Gasteiger partial charge is 0.133 e. The van der Waals surface area contributed by atoms with Crippen LogP contribution in [0.4, 0.5) is 0 Å². The summed E-state index contributed by atoms with van der Waals surface area (Å²) in [6.45, 7) is 6.29. The Balaban J connectivity index is 2.30. The summed E-state index contributed by atoms with van der Waals surface area (Å²) in [5, 5.41) is 0. The minimum Gasteiger partial charge on any atom is -0.300 e. The topological polar surface area (TPSA) is 17.1 Å². The minimum atomic E-state index is 0.266. The van der Waals surface area contributed by atoms with E-state index in [0.717, 1.165) is 25.7 Å². The summed E-state index contributed by atoms with van der Waals surface area (Å²) in [5.41, 5.74) is 0.676. The molecule has 0 amide bonds. The highest BCUT2D eigenvalue weighted by molar-refractivity contribution is 5.80. The zero-order valence-electron chi connectivity index (χ0n) is 9.85. The van der Waals surface area contributed by atoms with Gasteiger partial charge in [0.2, 0.25) is 0 Å². The Hall–Kier alpha value is -0.590. The maximum atomic E-state index is 11.7. The highest BCUT2D eigenvalue weighted by Crippen LogP contribution is 2.59. The highest BCUT2D eigenvalue weighted by Gasteiger charge is 2.51. The third kappa shape index (κ3) is 1.66. The average Bonchev–Trinajstić information content (AvgIpc) is 2.20. The number of hydrogen-bond donors (Lipinski definition) is 0. The number of carbonyl (C=O) groups is 1. The van der Waals surface area contributed by atoms with E-state index in [0.29, 0.717) is 11.2 Å².